The minimum atomic E-state index is -4.96. The second kappa shape index (κ2) is 11.0. The summed E-state index contributed by atoms with van der Waals surface area (Å²) in [6.45, 7) is -3.11. The molecule has 0 unspecified atom stereocenters. The van der Waals surface area contributed by atoms with E-state index >= 15 is 4.39 Å². The van der Waals surface area contributed by atoms with E-state index in [1.165, 1.54) is 19.2 Å². The van der Waals surface area contributed by atoms with Crippen molar-refractivity contribution in [2.45, 2.75) is 12.8 Å². The number of alkyl halides is 5. The van der Waals surface area contributed by atoms with Crippen LogP contribution in [0.5, 0.6) is 11.5 Å². The fourth-order valence-electron chi connectivity index (χ4n) is 3.86. The van der Waals surface area contributed by atoms with Crippen molar-refractivity contribution in [1.29, 1.82) is 0 Å². The number of ether oxygens (including phenoxy) is 2. The Kier molecular flexibility index (Phi) is 7.82. The van der Waals surface area contributed by atoms with Crippen LogP contribution in [0.15, 0.2) is 59.4 Å². The van der Waals surface area contributed by atoms with Gasteiger partial charge in [0.05, 0.1) is 12.8 Å². The number of hydrogen-bond donors (Lipinski definition) is 1. The third kappa shape index (κ3) is 5.61. The van der Waals surface area contributed by atoms with Gasteiger partial charge in [-0.05, 0) is 48.5 Å². The Morgan fingerprint density at radius 1 is 1.05 bits per heavy atom. The number of carbonyl (C=O) groups excluding carboxylic acids is 1. The van der Waals surface area contributed by atoms with Gasteiger partial charge in [-0.15, -0.1) is 0 Å². The van der Waals surface area contributed by atoms with E-state index in [2.05, 4.69) is 15.0 Å². The molecule has 4 rings (SSSR count). The Morgan fingerprint density at radius 2 is 1.70 bits per heavy atom. The highest BCUT2D eigenvalue weighted by atomic mass is 35.5. The lowest BCUT2D eigenvalue weighted by molar-refractivity contribution is -0.137. The van der Waals surface area contributed by atoms with Gasteiger partial charge in [0.2, 0.25) is 0 Å². The Labute approximate surface area is 226 Å². The van der Waals surface area contributed by atoms with Gasteiger partial charge in [-0.3, -0.25) is 14.3 Å². The number of aromatic nitrogens is 3. The van der Waals surface area contributed by atoms with E-state index in [1.54, 1.807) is 0 Å². The summed E-state index contributed by atoms with van der Waals surface area (Å²) in [7, 11) is 2.45. The molecule has 40 heavy (non-hydrogen) atoms. The van der Waals surface area contributed by atoms with Crippen LogP contribution < -0.4 is 20.3 Å². The van der Waals surface area contributed by atoms with Gasteiger partial charge in [-0.2, -0.15) is 26.6 Å². The third-order valence-electron chi connectivity index (χ3n) is 5.63. The van der Waals surface area contributed by atoms with Crippen molar-refractivity contribution in [2.75, 3.05) is 12.4 Å². The normalized spacial score (nSPS) is 11.6. The number of hydrogen-bond acceptors (Lipinski definition) is 5. The summed E-state index contributed by atoms with van der Waals surface area (Å²) >= 11 is 5.85. The summed E-state index contributed by atoms with van der Waals surface area (Å²) in [5.41, 5.74) is -3.83. The van der Waals surface area contributed by atoms with Crippen molar-refractivity contribution in [3.8, 4) is 28.6 Å². The molecule has 210 valence electrons. The number of benzene rings is 2. The van der Waals surface area contributed by atoms with Gasteiger partial charge in [0.15, 0.2) is 5.82 Å². The maximum absolute atomic E-state index is 15.2. The van der Waals surface area contributed by atoms with Crippen LogP contribution in [0.4, 0.5) is 32.0 Å². The number of halogens is 7. The molecule has 0 bridgehead atoms. The van der Waals surface area contributed by atoms with E-state index in [9.17, 15) is 31.5 Å². The van der Waals surface area contributed by atoms with Gasteiger partial charge in [0.1, 0.15) is 33.7 Å². The molecule has 15 heteroatoms. The van der Waals surface area contributed by atoms with Crippen LogP contribution in [0.3, 0.4) is 0 Å². The standard InChI is InChI=1S/C25H17ClF6N4O4/c1-35-20(15-8-7-14(39-2)11-17(15)27)19(34-22(37)12-3-5-13(6-4-12)40-24(28)29)23(38)36(35)21-16(25(30,31)32)9-10-18(26)33-21/h3-11,24H,1-2H3,(H,34,37). The monoisotopic (exact) mass is 586 g/mol. The topological polar surface area (TPSA) is 87.4 Å². The van der Waals surface area contributed by atoms with E-state index in [1.807, 2.05) is 0 Å². The first-order valence-electron chi connectivity index (χ1n) is 11.1. The molecule has 0 saturated heterocycles. The van der Waals surface area contributed by atoms with Crippen molar-refractivity contribution < 1.29 is 40.6 Å². The highest BCUT2D eigenvalue weighted by Gasteiger charge is 2.37. The molecule has 0 aliphatic heterocycles. The number of nitrogens with zero attached hydrogens (tertiary/aromatic N) is 3. The van der Waals surface area contributed by atoms with Crippen LogP contribution in [-0.2, 0) is 13.2 Å². The molecule has 2 aromatic heterocycles. The fourth-order valence-corrected chi connectivity index (χ4v) is 4.00. The highest BCUT2D eigenvalue weighted by Crippen LogP contribution is 2.36. The lowest BCUT2D eigenvalue weighted by Crippen LogP contribution is -2.26. The van der Waals surface area contributed by atoms with Gasteiger partial charge in [-0.25, -0.2) is 9.37 Å². The quantitative estimate of drug-likeness (QED) is 0.215. The second-order valence-corrected chi connectivity index (χ2v) is 8.46. The zero-order valence-corrected chi connectivity index (χ0v) is 21.1. The number of carbonyl (C=O) groups is 1. The zero-order chi connectivity index (χ0) is 29.4. The van der Waals surface area contributed by atoms with Crippen LogP contribution in [0.1, 0.15) is 15.9 Å². The second-order valence-electron chi connectivity index (χ2n) is 8.07. The zero-order valence-electron chi connectivity index (χ0n) is 20.4. The van der Waals surface area contributed by atoms with E-state index in [0.29, 0.717) is 10.7 Å². The predicted molar refractivity (Wildman–Crippen MR) is 132 cm³/mol. The molecule has 0 saturated carbocycles. The average Bonchev–Trinajstić information content (AvgIpc) is 3.11. The summed E-state index contributed by atoms with van der Waals surface area (Å²) < 4.78 is 92.1. The van der Waals surface area contributed by atoms with E-state index in [-0.39, 0.29) is 33.5 Å². The Bertz CT molecular complexity index is 1630. The molecule has 0 spiro atoms. The summed E-state index contributed by atoms with van der Waals surface area (Å²) in [5, 5.41) is 1.92. The largest absolute Gasteiger partial charge is 0.497 e. The van der Waals surface area contributed by atoms with Gasteiger partial charge in [0, 0.05) is 24.2 Å². The molecule has 2 aromatic carbocycles. The Hall–Kier alpha value is -4.46. The first kappa shape index (κ1) is 28.5. The first-order chi connectivity index (χ1) is 18.8. The SMILES string of the molecule is COc1ccc(-c2c(NC(=O)c3ccc(OC(F)F)cc3)c(=O)n(-c3nc(Cl)ccc3C(F)(F)F)n2C)c(F)c1. The minimum absolute atomic E-state index is 0.109. The Balaban J connectivity index is 1.92. The molecule has 0 aliphatic carbocycles. The van der Waals surface area contributed by atoms with Crippen molar-refractivity contribution in [3.05, 3.63) is 87.0 Å². The van der Waals surface area contributed by atoms with Crippen molar-refractivity contribution in [1.82, 2.24) is 14.3 Å². The third-order valence-corrected chi connectivity index (χ3v) is 5.84. The van der Waals surface area contributed by atoms with Crippen LogP contribution in [0, 0.1) is 5.82 Å². The van der Waals surface area contributed by atoms with Crippen LogP contribution in [0.25, 0.3) is 17.1 Å². The van der Waals surface area contributed by atoms with Gasteiger partial charge in [0.25, 0.3) is 11.5 Å². The summed E-state index contributed by atoms with van der Waals surface area (Å²) in [6, 6.07) is 9.39. The van der Waals surface area contributed by atoms with Gasteiger partial charge < -0.3 is 14.8 Å². The molecule has 0 atom stereocenters. The number of anilines is 1. The summed E-state index contributed by atoms with van der Waals surface area (Å²) in [5.74, 6) is -2.94. The molecule has 0 fully saturated rings. The molecule has 0 radical (unpaired) electrons. The molecule has 2 heterocycles. The van der Waals surface area contributed by atoms with Crippen LogP contribution in [0.2, 0.25) is 5.15 Å². The maximum Gasteiger partial charge on any atom is 0.420 e. The molecule has 8 nitrogen and oxygen atoms in total. The van der Waals surface area contributed by atoms with Crippen molar-refractivity contribution >= 4 is 23.2 Å². The molecular weight excluding hydrogens is 570 g/mol. The summed E-state index contributed by atoms with van der Waals surface area (Å²) in [6.07, 6.45) is -4.96. The van der Waals surface area contributed by atoms with Crippen molar-refractivity contribution in [3.63, 3.8) is 0 Å². The summed E-state index contributed by atoms with van der Waals surface area (Å²) in [4.78, 5) is 30.3. The van der Waals surface area contributed by atoms with E-state index in [0.717, 1.165) is 48.1 Å². The maximum atomic E-state index is 15.2. The number of pyridine rings is 1. The number of rotatable bonds is 7. The molecule has 1 amide bonds. The first-order valence-corrected chi connectivity index (χ1v) is 11.5. The molecular formula is C25H17ClF6N4O4. The number of nitrogens with one attached hydrogen (secondary N) is 1. The number of methoxy groups -OCH3 is 1. The molecule has 1 N–H and O–H groups in total. The Morgan fingerprint density at radius 3 is 2.27 bits per heavy atom. The highest BCUT2D eigenvalue weighted by molar-refractivity contribution is 6.29. The molecule has 4 aromatic rings. The smallest absolute Gasteiger partial charge is 0.420 e. The average molecular weight is 587 g/mol. The van der Waals surface area contributed by atoms with Gasteiger partial charge >= 0.3 is 12.8 Å². The predicted octanol–water partition coefficient (Wildman–Crippen LogP) is 5.91. The van der Waals surface area contributed by atoms with Gasteiger partial charge in [-0.1, -0.05) is 11.6 Å². The van der Waals surface area contributed by atoms with Crippen molar-refractivity contribution in [2.24, 2.45) is 7.05 Å². The minimum Gasteiger partial charge on any atom is -0.497 e. The lowest BCUT2D eigenvalue weighted by Gasteiger charge is -2.15. The number of amides is 1. The lowest BCUT2D eigenvalue weighted by atomic mass is 10.1. The van der Waals surface area contributed by atoms with Crippen LogP contribution in [-0.4, -0.2) is 34.0 Å². The van der Waals surface area contributed by atoms with Crippen LogP contribution >= 0.6 is 11.6 Å². The van der Waals surface area contributed by atoms with E-state index in [4.69, 9.17) is 16.3 Å². The molecule has 0 aliphatic rings. The van der Waals surface area contributed by atoms with E-state index < -0.39 is 47.1 Å². The fraction of sp³-hybridized carbons (Fsp3) is 0.160.